The molecule has 328 valence electrons. The summed E-state index contributed by atoms with van der Waals surface area (Å²) in [5.41, 5.74) is -3.21. The maximum atomic E-state index is 13.4. The predicted molar refractivity (Wildman–Crippen MR) is 192 cm³/mol. The Kier molecular flexibility index (Phi) is 45.3. The fourth-order valence-electron chi connectivity index (χ4n) is 5.18. The predicted octanol–water partition coefficient (Wildman–Crippen LogP) is -2.77. The summed E-state index contributed by atoms with van der Waals surface area (Å²) in [7, 11) is -3.11. The summed E-state index contributed by atoms with van der Waals surface area (Å²) < 4.78 is 161. The molecule has 0 N–H and O–H groups in total. The third-order valence-corrected chi connectivity index (χ3v) is 8.32. The molecular formula is C36H50BBr3F10Mg2O6. The van der Waals surface area contributed by atoms with Gasteiger partial charge in [-0.15, -0.1) is 10.9 Å². The molecule has 0 unspecified atom stereocenters. The minimum absolute atomic E-state index is 0. The van der Waals surface area contributed by atoms with Crippen molar-refractivity contribution in [1.29, 1.82) is 0 Å². The number of benzene rings is 2. The molecule has 0 saturated carbocycles. The molecule has 0 bridgehead atoms. The van der Waals surface area contributed by atoms with E-state index in [9.17, 15) is 43.9 Å². The maximum absolute atomic E-state index is 13.4. The summed E-state index contributed by atoms with van der Waals surface area (Å²) in [6.45, 7) is 12.0. The molecule has 0 aliphatic carbocycles. The molecule has 2 aromatic carbocycles. The van der Waals surface area contributed by atoms with Gasteiger partial charge in [0.1, 0.15) is 23.3 Å². The first-order valence-corrected chi connectivity index (χ1v) is 18.4. The van der Waals surface area contributed by atoms with Crippen LogP contribution in [0.3, 0.4) is 0 Å². The molecule has 6 aliphatic heterocycles. The van der Waals surface area contributed by atoms with Gasteiger partial charge in [0.25, 0.3) is 0 Å². The number of ether oxygens (including phenoxy) is 6. The van der Waals surface area contributed by atoms with Gasteiger partial charge >= 0.3 is 46.1 Å². The van der Waals surface area contributed by atoms with E-state index in [0.717, 1.165) is 79.3 Å². The van der Waals surface area contributed by atoms with Crippen LogP contribution in [-0.4, -0.2) is 133 Å². The van der Waals surface area contributed by atoms with E-state index in [2.05, 4.69) is 0 Å². The number of hydrogen-bond acceptors (Lipinski definition) is 6. The van der Waals surface area contributed by atoms with Crippen LogP contribution < -0.4 is 61.9 Å². The molecule has 6 heterocycles. The van der Waals surface area contributed by atoms with Crippen molar-refractivity contribution in [3.8, 4) is 0 Å². The topological polar surface area (TPSA) is 55.4 Å². The largest absolute Gasteiger partial charge is 2.00 e. The van der Waals surface area contributed by atoms with Crippen molar-refractivity contribution < 1.29 is 123 Å². The first kappa shape index (κ1) is 65.2. The second-order valence-electron chi connectivity index (χ2n) is 12.6. The molecule has 0 spiro atoms. The van der Waals surface area contributed by atoms with E-state index in [4.69, 9.17) is 28.4 Å². The Bertz CT molecular complexity index is 1080. The van der Waals surface area contributed by atoms with Gasteiger partial charge in [-0.1, -0.05) is 0 Å². The second-order valence-corrected chi connectivity index (χ2v) is 12.6. The molecule has 0 atom stereocenters. The van der Waals surface area contributed by atoms with Crippen LogP contribution in [0.15, 0.2) is 0 Å². The fraction of sp³-hybridized carbons (Fsp3) is 0.667. The van der Waals surface area contributed by atoms with Crippen LogP contribution in [-0.2, 0) is 28.4 Å². The van der Waals surface area contributed by atoms with Crippen molar-refractivity contribution in [3.05, 3.63) is 58.2 Å². The molecule has 0 radical (unpaired) electrons. The maximum Gasteiger partial charge on any atom is 2.00 e. The summed E-state index contributed by atoms with van der Waals surface area (Å²) in [5, 5.41) is 0. The van der Waals surface area contributed by atoms with Crippen LogP contribution in [0.25, 0.3) is 0 Å². The van der Waals surface area contributed by atoms with Gasteiger partial charge in [0.2, 0.25) is 0 Å². The van der Waals surface area contributed by atoms with Crippen LogP contribution in [0, 0.1) is 58.2 Å². The Labute approximate surface area is 399 Å². The molecule has 0 aromatic heterocycles. The third-order valence-electron chi connectivity index (χ3n) is 8.32. The summed E-state index contributed by atoms with van der Waals surface area (Å²) in [5.74, 6) is -24.1. The average Bonchev–Trinajstić information content (AvgIpc) is 4.06. The van der Waals surface area contributed by atoms with Crippen molar-refractivity contribution in [2.45, 2.75) is 77.0 Å². The van der Waals surface area contributed by atoms with Gasteiger partial charge in [-0.2, -0.15) is 0 Å². The first-order chi connectivity index (χ1) is 25.6. The van der Waals surface area contributed by atoms with Crippen LogP contribution in [0.4, 0.5) is 43.9 Å². The smallest absolute Gasteiger partial charge is 1.00 e. The molecule has 0 amide bonds. The van der Waals surface area contributed by atoms with Crippen molar-refractivity contribution >= 4 is 64.3 Å². The van der Waals surface area contributed by atoms with E-state index in [1.165, 1.54) is 77.0 Å². The van der Waals surface area contributed by atoms with Gasteiger partial charge in [0, 0.05) is 86.6 Å². The Hall–Kier alpha value is 0.537. The van der Waals surface area contributed by atoms with Gasteiger partial charge in [0.05, 0.1) is 0 Å². The third kappa shape index (κ3) is 25.6. The van der Waals surface area contributed by atoms with E-state index in [0.29, 0.717) is 0 Å². The van der Waals surface area contributed by atoms with Gasteiger partial charge in [-0.05, 0) is 77.0 Å². The molecule has 2 aromatic rings. The van der Waals surface area contributed by atoms with Crippen LogP contribution in [0.1, 0.15) is 77.0 Å². The van der Waals surface area contributed by atoms with Gasteiger partial charge < -0.3 is 79.4 Å². The summed E-state index contributed by atoms with van der Waals surface area (Å²) >= 11 is 0. The fourth-order valence-corrected chi connectivity index (χ4v) is 5.18. The quantitative estimate of drug-likeness (QED) is 0.141. The van der Waals surface area contributed by atoms with Crippen LogP contribution >= 0.6 is 0 Å². The van der Waals surface area contributed by atoms with Crippen molar-refractivity contribution in [1.82, 2.24) is 0 Å². The Morgan fingerprint density at radius 3 is 0.466 bits per heavy atom. The van der Waals surface area contributed by atoms with E-state index >= 15 is 0 Å². The summed E-state index contributed by atoms with van der Waals surface area (Å²) in [4.78, 5) is 0. The Morgan fingerprint density at radius 2 is 0.362 bits per heavy atom. The molecule has 58 heavy (non-hydrogen) atoms. The Morgan fingerprint density at radius 1 is 0.241 bits per heavy atom. The Balaban J connectivity index is -0.000000338. The van der Waals surface area contributed by atoms with E-state index < -0.39 is 76.4 Å². The molecule has 6 fully saturated rings. The molecular weight excluding hydrogens is 1020 g/mol. The zero-order valence-corrected chi connectivity index (χ0v) is 40.3. The first-order valence-electron chi connectivity index (χ1n) is 18.4. The minimum atomic E-state index is -3.11. The molecule has 8 rings (SSSR count). The second kappa shape index (κ2) is 40.3. The number of rotatable bonds is 2. The molecule has 22 heteroatoms. The molecule has 6 aliphatic rings. The molecule has 6 saturated heterocycles. The van der Waals surface area contributed by atoms with Crippen molar-refractivity contribution in [2.24, 2.45) is 0 Å². The molecule has 6 nitrogen and oxygen atoms in total. The van der Waals surface area contributed by atoms with Crippen molar-refractivity contribution in [2.75, 3.05) is 79.3 Å². The van der Waals surface area contributed by atoms with Gasteiger partial charge in [-0.25, -0.2) is 43.9 Å². The van der Waals surface area contributed by atoms with Crippen molar-refractivity contribution in [3.63, 3.8) is 0 Å². The normalized spacial score (nSPS) is 16.9. The zero-order chi connectivity index (χ0) is 38.8. The van der Waals surface area contributed by atoms with Crippen LogP contribution in [0.5, 0.6) is 0 Å². The van der Waals surface area contributed by atoms with Crippen LogP contribution in [0.2, 0.25) is 0 Å². The van der Waals surface area contributed by atoms with E-state index in [-0.39, 0.29) is 97.0 Å². The average molecular weight is 1070 g/mol. The van der Waals surface area contributed by atoms with E-state index in [1.54, 1.807) is 0 Å². The number of hydrogen-bond donors (Lipinski definition) is 0. The van der Waals surface area contributed by atoms with Gasteiger partial charge in [-0.3, -0.25) is 0 Å². The number of halogens is 13. The SMILES string of the molecule is C1CCOC1.C1CCOC1.C1CCOC1.C1CCOC1.C1CCOC1.C1CCOC1.Fc1c(F)c(F)c([BH2-]c2c(F)c(F)c(F)c(F)c2F)c(F)c1F.[Br-].[Br-].[Br-].[Mg+2].[Mg+2]. The standard InChI is InChI=1S/C12H2BF10.6C4H8O.3BrH.2Mg/c14-3-1(4(15)8(19)11(22)7(3)18)13-2-5(16)9(20)12(23)10(21)6(2)17;6*1-2-4-5-3-1;;;;;/h13H2;6*1-4H2;3*1H;;/q-1;;;;;;;;;;2*+2/p-3. The summed E-state index contributed by atoms with van der Waals surface area (Å²) in [6.07, 6.45) is 15.3. The zero-order valence-electron chi connectivity index (χ0n) is 32.7. The summed E-state index contributed by atoms with van der Waals surface area (Å²) in [6, 6.07) is 0. The van der Waals surface area contributed by atoms with Gasteiger partial charge in [0.15, 0.2) is 34.9 Å². The van der Waals surface area contributed by atoms with E-state index in [1.807, 2.05) is 0 Å². The monoisotopic (exact) mass is 1060 g/mol. The minimum Gasteiger partial charge on any atom is -1.00 e.